The monoisotopic (exact) mass is 431 g/mol. The molecule has 2 aromatic rings. The van der Waals surface area contributed by atoms with Gasteiger partial charge in [0.2, 0.25) is 0 Å². The van der Waals surface area contributed by atoms with Crippen LogP contribution >= 0.6 is 23.2 Å². The van der Waals surface area contributed by atoms with E-state index in [1.54, 1.807) is 23.1 Å². The molecule has 1 aliphatic rings. The standard InChI is InChI=1S/C20H18Cl2F3NO2/c21-17-7-6-14(10-18(17)22)19(27)26-8-2-5-16(11-26)28-12-13-3-1-4-15(9-13)20(23,24)25/h1,3-4,6-7,9-10,16H,2,5,8,11-12H2/t16-/m0/s1. The van der Waals surface area contributed by atoms with Crippen LogP contribution in [-0.4, -0.2) is 30.0 Å². The van der Waals surface area contributed by atoms with Crippen LogP contribution < -0.4 is 0 Å². The Bertz CT molecular complexity index is 858. The summed E-state index contributed by atoms with van der Waals surface area (Å²) in [6.45, 7) is 1.02. The summed E-state index contributed by atoms with van der Waals surface area (Å²) in [5, 5.41) is 0.682. The van der Waals surface area contributed by atoms with Gasteiger partial charge in [0.1, 0.15) is 0 Å². The van der Waals surface area contributed by atoms with Crippen LogP contribution in [0.5, 0.6) is 0 Å². The first-order chi connectivity index (χ1) is 13.2. The largest absolute Gasteiger partial charge is 0.416 e. The van der Waals surface area contributed by atoms with E-state index < -0.39 is 11.7 Å². The predicted octanol–water partition coefficient (Wildman–Crippen LogP) is 5.83. The van der Waals surface area contributed by atoms with Crippen molar-refractivity contribution in [2.45, 2.75) is 31.7 Å². The smallest absolute Gasteiger partial charge is 0.372 e. The van der Waals surface area contributed by atoms with E-state index in [1.165, 1.54) is 12.1 Å². The van der Waals surface area contributed by atoms with Crippen LogP contribution in [0, 0.1) is 0 Å². The van der Waals surface area contributed by atoms with Gasteiger partial charge in [0.15, 0.2) is 0 Å². The number of halogens is 5. The maximum absolute atomic E-state index is 12.8. The molecule has 2 aromatic carbocycles. The average molecular weight is 432 g/mol. The second-order valence-corrected chi connectivity index (χ2v) is 7.47. The zero-order valence-corrected chi connectivity index (χ0v) is 16.3. The third kappa shape index (κ3) is 5.19. The lowest BCUT2D eigenvalue weighted by atomic mass is 10.1. The molecule has 0 saturated carbocycles. The molecule has 8 heteroatoms. The third-order valence-electron chi connectivity index (χ3n) is 4.57. The Morgan fingerprint density at radius 2 is 1.93 bits per heavy atom. The molecule has 1 amide bonds. The first kappa shape index (κ1) is 21.0. The SMILES string of the molecule is O=C(c1ccc(Cl)c(Cl)c1)N1CCC[C@H](OCc2cccc(C(F)(F)F)c2)C1. The first-order valence-electron chi connectivity index (χ1n) is 8.76. The lowest BCUT2D eigenvalue weighted by molar-refractivity contribution is -0.137. The summed E-state index contributed by atoms with van der Waals surface area (Å²) in [5.74, 6) is -0.175. The van der Waals surface area contributed by atoms with Gasteiger partial charge >= 0.3 is 6.18 Å². The number of hydrogen-bond donors (Lipinski definition) is 0. The molecule has 150 valence electrons. The lowest BCUT2D eigenvalue weighted by Crippen LogP contribution is -2.43. The molecule has 3 rings (SSSR count). The third-order valence-corrected chi connectivity index (χ3v) is 5.31. The zero-order valence-electron chi connectivity index (χ0n) is 14.8. The fraction of sp³-hybridized carbons (Fsp3) is 0.350. The fourth-order valence-electron chi connectivity index (χ4n) is 3.12. The van der Waals surface area contributed by atoms with Crippen molar-refractivity contribution in [3.05, 3.63) is 69.2 Å². The number of nitrogens with zero attached hydrogens (tertiary/aromatic N) is 1. The number of alkyl halides is 3. The molecule has 0 radical (unpaired) electrons. The number of benzene rings is 2. The highest BCUT2D eigenvalue weighted by Gasteiger charge is 2.30. The van der Waals surface area contributed by atoms with E-state index in [0.717, 1.165) is 25.0 Å². The van der Waals surface area contributed by atoms with Gasteiger partial charge in [-0.2, -0.15) is 13.2 Å². The Balaban J connectivity index is 1.61. The van der Waals surface area contributed by atoms with Crippen LogP contribution in [0.15, 0.2) is 42.5 Å². The molecule has 1 heterocycles. The van der Waals surface area contributed by atoms with E-state index in [9.17, 15) is 18.0 Å². The van der Waals surface area contributed by atoms with Crippen molar-refractivity contribution in [3.8, 4) is 0 Å². The molecule has 28 heavy (non-hydrogen) atoms. The second-order valence-electron chi connectivity index (χ2n) is 6.65. The number of hydrogen-bond acceptors (Lipinski definition) is 2. The molecule has 0 aromatic heterocycles. The summed E-state index contributed by atoms with van der Waals surface area (Å²) >= 11 is 11.9. The van der Waals surface area contributed by atoms with Crippen molar-refractivity contribution in [2.75, 3.05) is 13.1 Å². The lowest BCUT2D eigenvalue weighted by Gasteiger charge is -2.33. The second kappa shape index (κ2) is 8.72. The van der Waals surface area contributed by atoms with Gasteiger partial charge < -0.3 is 9.64 Å². The Kier molecular flexibility index (Phi) is 6.53. The molecule has 1 fully saturated rings. The molecule has 0 aliphatic carbocycles. The minimum absolute atomic E-state index is 0.0589. The van der Waals surface area contributed by atoms with E-state index in [0.29, 0.717) is 34.3 Å². The van der Waals surface area contributed by atoms with Gasteiger partial charge in [0, 0.05) is 18.7 Å². The van der Waals surface area contributed by atoms with E-state index in [2.05, 4.69) is 0 Å². The summed E-state index contributed by atoms with van der Waals surface area (Å²) in [6.07, 6.45) is -3.14. The molecular formula is C20H18Cl2F3NO2. The molecule has 1 atom stereocenters. The van der Waals surface area contributed by atoms with Crippen molar-refractivity contribution in [1.82, 2.24) is 4.90 Å². The van der Waals surface area contributed by atoms with Gasteiger partial charge in [-0.15, -0.1) is 0 Å². The van der Waals surface area contributed by atoms with E-state index in [1.807, 2.05) is 0 Å². The van der Waals surface area contributed by atoms with E-state index >= 15 is 0 Å². The number of rotatable bonds is 4. The number of carbonyl (C=O) groups excluding carboxylic acids is 1. The van der Waals surface area contributed by atoms with Gasteiger partial charge in [0.05, 0.1) is 28.3 Å². The van der Waals surface area contributed by atoms with Crippen LogP contribution in [0.3, 0.4) is 0 Å². The Hall–Kier alpha value is -1.76. The molecule has 0 unspecified atom stereocenters. The quantitative estimate of drug-likeness (QED) is 0.608. The average Bonchev–Trinajstić information content (AvgIpc) is 2.68. The van der Waals surface area contributed by atoms with Crippen LogP contribution in [0.1, 0.15) is 34.3 Å². The molecule has 0 bridgehead atoms. The maximum atomic E-state index is 12.8. The minimum atomic E-state index is -4.38. The van der Waals surface area contributed by atoms with Gasteiger partial charge in [-0.25, -0.2) is 0 Å². The topological polar surface area (TPSA) is 29.5 Å². The highest BCUT2D eigenvalue weighted by atomic mass is 35.5. The molecule has 1 aliphatic heterocycles. The number of piperidine rings is 1. The summed E-state index contributed by atoms with van der Waals surface area (Å²) in [6, 6.07) is 9.79. The van der Waals surface area contributed by atoms with Crippen LogP contribution in [0.4, 0.5) is 13.2 Å². The number of ether oxygens (including phenoxy) is 1. The van der Waals surface area contributed by atoms with Gasteiger partial charge in [-0.1, -0.05) is 35.3 Å². The Morgan fingerprint density at radius 3 is 2.64 bits per heavy atom. The predicted molar refractivity (Wildman–Crippen MR) is 102 cm³/mol. The normalized spacial score (nSPS) is 17.6. The molecule has 0 N–H and O–H groups in total. The van der Waals surface area contributed by atoms with Crippen molar-refractivity contribution < 1.29 is 22.7 Å². The summed E-state index contributed by atoms with van der Waals surface area (Å²) < 4.78 is 44.2. The van der Waals surface area contributed by atoms with E-state index in [4.69, 9.17) is 27.9 Å². The number of carbonyl (C=O) groups is 1. The molecule has 3 nitrogen and oxygen atoms in total. The molecular weight excluding hydrogens is 414 g/mol. The molecule has 0 spiro atoms. The number of amides is 1. The summed E-state index contributed by atoms with van der Waals surface area (Å²) in [7, 11) is 0. The Morgan fingerprint density at radius 1 is 1.14 bits per heavy atom. The highest BCUT2D eigenvalue weighted by Crippen LogP contribution is 2.30. The maximum Gasteiger partial charge on any atom is 0.416 e. The first-order valence-corrected chi connectivity index (χ1v) is 9.51. The van der Waals surface area contributed by atoms with Crippen LogP contribution in [0.25, 0.3) is 0 Å². The van der Waals surface area contributed by atoms with Crippen LogP contribution in [-0.2, 0) is 17.5 Å². The van der Waals surface area contributed by atoms with Gasteiger partial charge in [-0.3, -0.25) is 4.79 Å². The fourth-order valence-corrected chi connectivity index (χ4v) is 3.42. The summed E-state index contributed by atoms with van der Waals surface area (Å²) in [5.41, 5.74) is 0.185. The van der Waals surface area contributed by atoms with Crippen molar-refractivity contribution >= 4 is 29.1 Å². The number of likely N-dealkylation sites (tertiary alicyclic amines) is 1. The van der Waals surface area contributed by atoms with E-state index in [-0.39, 0.29) is 18.6 Å². The zero-order chi connectivity index (χ0) is 20.3. The van der Waals surface area contributed by atoms with Crippen molar-refractivity contribution in [3.63, 3.8) is 0 Å². The summed E-state index contributed by atoms with van der Waals surface area (Å²) in [4.78, 5) is 14.3. The Labute approximate surface area is 171 Å². The van der Waals surface area contributed by atoms with Gasteiger partial charge in [0.25, 0.3) is 5.91 Å². The van der Waals surface area contributed by atoms with Gasteiger partial charge in [-0.05, 0) is 48.7 Å². The van der Waals surface area contributed by atoms with Crippen molar-refractivity contribution in [2.24, 2.45) is 0 Å². The van der Waals surface area contributed by atoms with Crippen LogP contribution in [0.2, 0.25) is 10.0 Å². The van der Waals surface area contributed by atoms with Crippen molar-refractivity contribution in [1.29, 1.82) is 0 Å². The molecule has 1 saturated heterocycles. The highest BCUT2D eigenvalue weighted by molar-refractivity contribution is 6.42. The minimum Gasteiger partial charge on any atom is -0.372 e.